The Hall–Kier alpha value is -0.870. The third-order valence-corrected chi connectivity index (χ3v) is 3.61. The molecule has 96 valence electrons. The zero-order valence-electron chi connectivity index (χ0n) is 11.0. The van der Waals surface area contributed by atoms with Crippen molar-refractivity contribution in [3.05, 3.63) is 18.2 Å². The van der Waals surface area contributed by atoms with Gasteiger partial charge < -0.3 is 15.2 Å². The average Bonchev–Trinajstić information content (AvgIpc) is 2.79. The Morgan fingerprint density at radius 1 is 1.29 bits per heavy atom. The SMILES string of the molecule is CC(N)c1cncn1C(C)CN1CCCCC1. The minimum absolute atomic E-state index is 0.0568. The van der Waals surface area contributed by atoms with E-state index in [4.69, 9.17) is 5.73 Å². The predicted molar refractivity (Wildman–Crippen MR) is 69.8 cm³/mol. The van der Waals surface area contributed by atoms with Crippen molar-refractivity contribution in [2.24, 2.45) is 5.73 Å². The quantitative estimate of drug-likeness (QED) is 0.869. The maximum absolute atomic E-state index is 5.96. The molecule has 1 aromatic rings. The van der Waals surface area contributed by atoms with Crippen LogP contribution in [0.25, 0.3) is 0 Å². The van der Waals surface area contributed by atoms with E-state index in [2.05, 4.69) is 21.4 Å². The molecule has 17 heavy (non-hydrogen) atoms. The van der Waals surface area contributed by atoms with Crippen LogP contribution in [0.15, 0.2) is 12.5 Å². The summed E-state index contributed by atoms with van der Waals surface area (Å²) in [4.78, 5) is 6.78. The van der Waals surface area contributed by atoms with Crippen molar-refractivity contribution in [3.8, 4) is 0 Å². The standard InChI is InChI=1S/C13H24N4/c1-11(9-16-6-4-3-5-7-16)17-10-15-8-13(17)12(2)14/h8,10-12H,3-7,9,14H2,1-2H3. The molecule has 2 N–H and O–H groups in total. The zero-order valence-corrected chi connectivity index (χ0v) is 11.0. The molecule has 0 amide bonds. The van der Waals surface area contributed by atoms with Crippen molar-refractivity contribution < 1.29 is 0 Å². The van der Waals surface area contributed by atoms with Crippen molar-refractivity contribution in [3.63, 3.8) is 0 Å². The van der Waals surface area contributed by atoms with Crippen molar-refractivity contribution >= 4 is 0 Å². The molecule has 1 aliphatic rings. The van der Waals surface area contributed by atoms with E-state index in [0.717, 1.165) is 12.2 Å². The fourth-order valence-electron chi connectivity index (χ4n) is 2.64. The van der Waals surface area contributed by atoms with Gasteiger partial charge in [0, 0.05) is 24.8 Å². The van der Waals surface area contributed by atoms with E-state index in [0.29, 0.717) is 6.04 Å². The van der Waals surface area contributed by atoms with E-state index in [1.54, 1.807) is 0 Å². The van der Waals surface area contributed by atoms with Crippen LogP contribution in [0.1, 0.15) is 50.9 Å². The second-order valence-corrected chi connectivity index (χ2v) is 5.22. The molecule has 2 rings (SSSR count). The lowest BCUT2D eigenvalue weighted by Gasteiger charge is -2.30. The smallest absolute Gasteiger partial charge is 0.0951 e. The Morgan fingerprint density at radius 2 is 2.00 bits per heavy atom. The largest absolute Gasteiger partial charge is 0.329 e. The third kappa shape index (κ3) is 3.07. The first-order chi connectivity index (χ1) is 8.18. The number of piperidine rings is 1. The first-order valence-electron chi connectivity index (χ1n) is 6.68. The summed E-state index contributed by atoms with van der Waals surface area (Å²) < 4.78 is 2.22. The lowest BCUT2D eigenvalue weighted by Crippen LogP contribution is -2.34. The molecular weight excluding hydrogens is 212 g/mol. The zero-order chi connectivity index (χ0) is 12.3. The van der Waals surface area contributed by atoms with E-state index in [9.17, 15) is 0 Å². The van der Waals surface area contributed by atoms with Crippen LogP contribution in [0.2, 0.25) is 0 Å². The number of imidazole rings is 1. The molecule has 1 saturated heterocycles. The fourth-order valence-corrected chi connectivity index (χ4v) is 2.64. The molecule has 0 bridgehead atoms. The Morgan fingerprint density at radius 3 is 2.65 bits per heavy atom. The third-order valence-electron chi connectivity index (χ3n) is 3.61. The van der Waals surface area contributed by atoms with Gasteiger partial charge in [0.15, 0.2) is 0 Å². The van der Waals surface area contributed by atoms with Gasteiger partial charge in [0.2, 0.25) is 0 Å². The normalized spacial score (nSPS) is 21.4. The number of nitrogens with zero attached hydrogens (tertiary/aromatic N) is 3. The number of likely N-dealkylation sites (tertiary alicyclic amines) is 1. The highest BCUT2D eigenvalue weighted by molar-refractivity contribution is 5.04. The summed E-state index contributed by atoms with van der Waals surface area (Å²) in [6.45, 7) is 7.86. The first-order valence-corrected chi connectivity index (χ1v) is 6.68. The molecule has 4 nitrogen and oxygen atoms in total. The average molecular weight is 236 g/mol. The van der Waals surface area contributed by atoms with Gasteiger partial charge in [0.25, 0.3) is 0 Å². The summed E-state index contributed by atoms with van der Waals surface area (Å²) in [6.07, 6.45) is 7.87. The molecule has 0 spiro atoms. The lowest BCUT2D eigenvalue weighted by molar-refractivity contribution is 0.200. The number of aromatic nitrogens is 2. The van der Waals surface area contributed by atoms with Gasteiger partial charge in [-0.05, 0) is 39.8 Å². The van der Waals surface area contributed by atoms with Crippen LogP contribution in [0, 0.1) is 0 Å². The van der Waals surface area contributed by atoms with Gasteiger partial charge in [-0.3, -0.25) is 0 Å². The molecule has 1 aliphatic heterocycles. The van der Waals surface area contributed by atoms with Crippen molar-refractivity contribution in [1.82, 2.24) is 14.5 Å². The molecule has 0 saturated carbocycles. The molecule has 4 heteroatoms. The van der Waals surface area contributed by atoms with Crippen LogP contribution in [-0.4, -0.2) is 34.1 Å². The van der Waals surface area contributed by atoms with Crippen LogP contribution in [-0.2, 0) is 0 Å². The highest BCUT2D eigenvalue weighted by Crippen LogP contribution is 2.18. The van der Waals surface area contributed by atoms with Crippen molar-refractivity contribution in [2.45, 2.75) is 45.2 Å². The number of hydrogen-bond donors (Lipinski definition) is 1. The van der Waals surface area contributed by atoms with Crippen LogP contribution in [0.5, 0.6) is 0 Å². The monoisotopic (exact) mass is 236 g/mol. The fraction of sp³-hybridized carbons (Fsp3) is 0.769. The summed E-state index contributed by atoms with van der Waals surface area (Å²) in [5.41, 5.74) is 7.09. The molecule has 1 fully saturated rings. The lowest BCUT2D eigenvalue weighted by atomic mass is 10.1. The molecule has 0 aromatic carbocycles. The van der Waals surface area contributed by atoms with Crippen LogP contribution < -0.4 is 5.73 Å². The second kappa shape index (κ2) is 5.65. The number of rotatable bonds is 4. The Bertz CT molecular complexity index is 339. The molecule has 0 radical (unpaired) electrons. The van der Waals surface area contributed by atoms with Gasteiger partial charge >= 0.3 is 0 Å². The van der Waals surface area contributed by atoms with Crippen LogP contribution in [0.3, 0.4) is 0 Å². The maximum Gasteiger partial charge on any atom is 0.0951 e. The highest BCUT2D eigenvalue weighted by atomic mass is 15.2. The molecule has 2 heterocycles. The minimum Gasteiger partial charge on any atom is -0.329 e. The van der Waals surface area contributed by atoms with E-state index in [1.165, 1.54) is 32.4 Å². The van der Waals surface area contributed by atoms with Crippen molar-refractivity contribution in [2.75, 3.05) is 19.6 Å². The van der Waals surface area contributed by atoms with E-state index in [-0.39, 0.29) is 6.04 Å². The van der Waals surface area contributed by atoms with Gasteiger partial charge in [-0.1, -0.05) is 6.42 Å². The van der Waals surface area contributed by atoms with Gasteiger partial charge in [0.05, 0.1) is 12.0 Å². The van der Waals surface area contributed by atoms with Crippen LogP contribution in [0.4, 0.5) is 0 Å². The molecule has 1 aromatic heterocycles. The summed E-state index contributed by atoms with van der Waals surface area (Å²) in [6, 6.07) is 0.512. The highest BCUT2D eigenvalue weighted by Gasteiger charge is 2.17. The predicted octanol–water partition coefficient (Wildman–Crippen LogP) is 1.95. The maximum atomic E-state index is 5.96. The van der Waals surface area contributed by atoms with Gasteiger partial charge in [-0.15, -0.1) is 0 Å². The van der Waals surface area contributed by atoms with Gasteiger partial charge in [-0.25, -0.2) is 4.98 Å². The van der Waals surface area contributed by atoms with Crippen molar-refractivity contribution in [1.29, 1.82) is 0 Å². The van der Waals surface area contributed by atoms with Gasteiger partial charge in [0.1, 0.15) is 0 Å². The Labute approximate surface area is 104 Å². The van der Waals surface area contributed by atoms with E-state index >= 15 is 0 Å². The number of hydrogen-bond acceptors (Lipinski definition) is 3. The first kappa shape index (κ1) is 12.6. The minimum atomic E-state index is 0.0568. The van der Waals surface area contributed by atoms with E-state index < -0.39 is 0 Å². The topological polar surface area (TPSA) is 47.1 Å². The Kier molecular flexibility index (Phi) is 4.18. The molecule has 0 aliphatic carbocycles. The summed E-state index contributed by atoms with van der Waals surface area (Å²) in [5, 5.41) is 0. The summed E-state index contributed by atoms with van der Waals surface area (Å²) >= 11 is 0. The van der Waals surface area contributed by atoms with Gasteiger partial charge in [-0.2, -0.15) is 0 Å². The van der Waals surface area contributed by atoms with E-state index in [1.807, 2.05) is 19.4 Å². The number of nitrogens with two attached hydrogens (primary N) is 1. The Balaban J connectivity index is 1.98. The molecule has 2 atom stereocenters. The summed E-state index contributed by atoms with van der Waals surface area (Å²) in [7, 11) is 0. The second-order valence-electron chi connectivity index (χ2n) is 5.22. The molecule has 2 unspecified atom stereocenters. The molecular formula is C13H24N4. The summed E-state index contributed by atoms with van der Waals surface area (Å²) in [5.74, 6) is 0. The van der Waals surface area contributed by atoms with Crippen LogP contribution >= 0.6 is 0 Å².